The molecule has 1 aromatic rings. The number of thioether (sulfide) groups is 2. The van der Waals surface area contributed by atoms with E-state index in [1.54, 1.807) is 29.6 Å². The second kappa shape index (κ2) is 5.41. The summed E-state index contributed by atoms with van der Waals surface area (Å²) in [7, 11) is 0. The monoisotopic (exact) mass is 260 g/mol. The van der Waals surface area contributed by atoms with Crippen LogP contribution in [0.2, 0.25) is 0 Å². The fourth-order valence-electron chi connectivity index (χ4n) is 1.67. The molecular formula is C12H14F2S2. The molecule has 88 valence electrons. The van der Waals surface area contributed by atoms with E-state index in [0.29, 0.717) is 17.9 Å². The Labute approximate surface area is 103 Å². The van der Waals surface area contributed by atoms with E-state index in [-0.39, 0.29) is 10.4 Å². The molecule has 0 bridgehead atoms. The molecule has 0 N–H and O–H groups in total. The third-order valence-electron chi connectivity index (χ3n) is 2.59. The van der Waals surface area contributed by atoms with Gasteiger partial charge in [-0.05, 0) is 23.6 Å². The highest BCUT2D eigenvalue weighted by Crippen LogP contribution is 2.44. The molecule has 1 aliphatic rings. The molecule has 1 heterocycles. The molecule has 0 amide bonds. The molecule has 0 aromatic heterocycles. The van der Waals surface area contributed by atoms with Crippen LogP contribution in [0.3, 0.4) is 0 Å². The standard InChI is InChI=1S/C12H14F2S2/c1-2-8-3-4-9(5-11(8)14)12-15-6-10(13)7-16-12/h3-5,10,12H,2,6-7H2,1H3. The second-order valence-corrected chi connectivity index (χ2v) is 6.37. The van der Waals surface area contributed by atoms with Crippen LogP contribution in [0.4, 0.5) is 8.78 Å². The van der Waals surface area contributed by atoms with Crippen LogP contribution < -0.4 is 0 Å². The van der Waals surface area contributed by atoms with Gasteiger partial charge >= 0.3 is 0 Å². The first kappa shape index (κ1) is 12.2. The molecule has 0 nitrogen and oxygen atoms in total. The third kappa shape index (κ3) is 2.72. The van der Waals surface area contributed by atoms with Crippen molar-refractivity contribution in [3.8, 4) is 0 Å². The molecule has 0 saturated carbocycles. The molecule has 1 fully saturated rings. The highest BCUT2D eigenvalue weighted by molar-refractivity contribution is 8.17. The van der Waals surface area contributed by atoms with Crippen LogP contribution in [0.15, 0.2) is 18.2 Å². The van der Waals surface area contributed by atoms with Crippen molar-refractivity contribution in [3.05, 3.63) is 35.1 Å². The molecule has 1 saturated heterocycles. The van der Waals surface area contributed by atoms with Crippen molar-refractivity contribution in [1.29, 1.82) is 0 Å². The molecule has 1 aliphatic heterocycles. The van der Waals surface area contributed by atoms with E-state index in [0.717, 1.165) is 11.1 Å². The lowest BCUT2D eigenvalue weighted by molar-refractivity contribution is 0.402. The molecule has 0 unspecified atom stereocenters. The van der Waals surface area contributed by atoms with Gasteiger partial charge in [-0.3, -0.25) is 0 Å². The van der Waals surface area contributed by atoms with E-state index in [4.69, 9.17) is 0 Å². The van der Waals surface area contributed by atoms with Crippen LogP contribution in [0.25, 0.3) is 0 Å². The Hall–Kier alpha value is -0.220. The minimum atomic E-state index is -0.717. The fourth-order valence-corrected chi connectivity index (χ4v) is 4.36. The first-order valence-corrected chi connectivity index (χ1v) is 7.46. The maximum absolute atomic E-state index is 13.6. The van der Waals surface area contributed by atoms with Crippen LogP contribution in [-0.4, -0.2) is 17.7 Å². The zero-order chi connectivity index (χ0) is 11.5. The van der Waals surface area contributed by atoms with Crippen molar-refractivity contribution in [2.45, 2.75) is 24.1 Å². The lowest BCUT2D eigenvalue weighted by Gasteiger charge is -2.23. The Morgan fingerprint density at radius 2 is 2.00 bits per heavy atom. The van der Waals surface area contributed by atoms with Gasteiger partial charge in [0.05, 0.1) is 4.58 Å². The second-order valence-electron chi connectivity index (χ2n) is 3.80. The van der Waals surface area contributed by atoms with Gasteiger partial charge in [-0.1, -0.05) is 19.1 Å². The SMILES string of the molecule is CCc1ccc(C2SCC(F)CS2)cc1F. The maximum Gasteiger partial charge on any atom is 0.126 e. The van der Waals surface area contributed by atoms with E-state index in [1.807, 2.05) is 19.1 Å². The average Bonchev–Trinajstić information content (AvgIpc) is 2.30. The Kier molecular flexibility index (Phi) is 4.14. The number of hydrogen-bond donors (Lipinski definition) is 0. The lowest BCUT2D eigenvalue weighted by atomic mass is 10.1. The van der Waals surface area contributed by atoms with Crippen molar-refractivity contribution in [2.75, 3.05) is 11.5 Å². The van der Waals surface area contributed by atoms with Gasteiger partial charge in [0.2, 0.25) is 0 Å². The van der Waals surface area contributed by atoms with Gasteiger partial charge < -0.3 is 0 Å². The summed E-state index contributed by atoms with van der Waals surface area (Å²) in [6.07, 6.45) is -0.00473. The summed E-state index contributed by atoms with van der Waals surface area (Å²) in [5, 5.41) is 0. The first-order valence-electron chi connectivity index (χ1n) is 5.36. The topological polar surface area (TPSA) is 0 Å². The number of hydrogen-bond acceptors (Lipinski definition) is 2. The number of aryl methyl sites for hydroxylation is 1. The average molecular weight is 260 g/mol. The Balaban J connectivity index is 2.12. The molecular weight excluding hydrogens is 246 g/mol. The van der Waals surface area contributed by atoms with E-state index in [1.165, 1.54) is 0 Å². The quantitative estimate of drug-likeness (QED) is 0.781. The summed E-state index contributed by atoms with van der Waals surface area (Å²) >= 11 is 3.14. The van der Waals surface area contributed by atoms with Crippen molar-refractivity contribution in [2.24, 2.45) is 0 Å². The van der Waals surface area contributed by atoms with Crippen molar-refractivity contribution in [3.63, 3.8) is 0 Å². The van der Waals surface area contributed by atoms with Gasteiger partial charge in [0.1, 0.15) is 12.0 Å². The summed E-state index contributed by atoms with van der Waals surface area (Å²) in [5.41, 5.74) is 1.72. The highest BCUT2D eigenvalue weighted by Gasteiger charge is 2.23. The minimum absolute atomic E-state index is 0.136. The Morgan fingerprint density at radius 3 is 2.56 bits per heavy atom. The van der Waals surface area contributed by atoms with Gasteiger partial charge in [-0.15, -0.1) is 23.5 Å². The van der Waals surface area contributed by atoms with Crippen LogP contribution in [0.5, 0.6) is 0 Å². The summed E-state index contributed by atoms with van der Waals surface area (Å²) in [6.45, 7) is 1.94. The molecule has 0 atom stereocenters. The van der Waals surface area contributed by atoms with Crippen LogP contribution in [0, 0.1) is 5.82 Å². The van der Waals surface area contributed by atoms with Gasteiger partial charge in [0, 0.05) is 11.5 Å². The van der Waals surface area contributed by atoms with E-state index in [9.17, 15) is 8.78 Å². The summed E-state index contributed by atoms with van der Waals surface area (Å²) in [5.74, 6) is 0.910. The van der Waals surface area contributed by atoms with Crippen LogP contribution >= 0.6 is 23.5 Å². The number of halogens is 2. The minimum Gasteiger partial charge on any atom is -0.246 e. The predicted octanol–water partition coefficient (Wildman–Crippen LogP) is 4.20. The normalized spacial score (nSPS) is 25.7. The predicted molar refractivity (Wildman–Crippen MR) is 68.3 cm³/mol. The maximum atomic E-state index is 13.6. The Bertz CT molecular complexity index is 360. The number of benzene rings is 1. The largest absolute Gasteiger partial charge is 0.246 e. The molecule has 0 aliphatic carbocycles. The molecule has 4 heteroatoms. The van der Waals surface area contributed by atoms with Crippen molar-refractivity contribution < 1.29 is 8.78 Å². The van der Waals surface area contributed by atoms with Gasteiger partial charge in [-0.25, -0.2) is 8.78 Å². The number of alkyl halides is 1. The van der Waals surface area contributed by atoms with Crippen molar-refractivity contribution >= 4 is 23.5 Å². The van der Waals surface area contributed by atoms with E-state index in [2.05, 4.69) is 0 Å². The fraction of sp³-hybridized carbons (Fsp3) is 0.500. The van der Waals surface area contributed by atoms with Gasteiger partial charge in [0.15, 0.2) is 0 Å². The zero-order valence-electron chi connectivity index (χ0n) is 9.08. The summed E-state index contributed by atoms with van der Waals surface area (Å²) < 4.78 is 26.7. The first-order chi connectivity index (χ1) is 7.70. The van der Waals surface area contributed by atoms with E-state index >= 15 is 0 Å². The van der Waals surface area contributed by atoms with Gasteiger partial charge in [-0.2, -0.15) is 0 Å². The lowest BCUT2D eigenvalue weighted by Crippen LogP contribution is -2.14. The highest BCUT2D eigenvalue weighted by atomic mass is 32.2. The smallest absolute Gasteiger partial charge is 0.126 e. The molecule has 16 heavy (non-hydrogen) atoms. The number of rotatable bonds is 2. The van der Waals surface area contributed by atoms with E-state index < -0.39 is 6.17 Å². The van der Waals surface area contributed by atoms with Crippen LogP contribution in [-0.2, 0) is 6.42 Å². The summed E-state index contributed by atoms with van der Waals surface area (Å²) in [4.78, 5) is 0. The molecule has 1 aromatic carbocycles. The summed E-state index contributed by atoms with van der Waals surface area (Å²) in [6, 6.07) is 5.40. The van der Waals surface area contributed by atoms with Crippen LogP contribution in [0.1, 0.15) is 22.6 Å². The molecule has 0 radical (unpaired) electrons. The molecule has 0 spiro atoms. The molecule has 2 rings (SSSR count). The van der Waals surface area contributed by atoms with Crippen molar-refractivity contribution in [1.82, 2.24) is 0 Å². The zero-order valence-corrected chi connectivity index (χ0v) is 10.7. The van der Waals surface area contributed by atoms with Gasteiger partial charge in [0.25, 0.3) is 0 Å². The third-order valence-corrected chi connectivity index (χ3v) is 5.66. The Morgan fingerprint density at radius 1 is 1.31 bits per heavy atom.